The molecule has 0 aromatic carbocycles. The average molecular weight is 268 g/mol. The summed E-state index contributed by atoms with van der Waals surface area (Å²) in [5.74, 6) is -3.16. The highest BCUT2D eigenvalue weighted by molar-refractivity contribution is 6.16. The predicted octanol–water partition coefficient (Wildman–Crippen LogP) is -2.12. The van der Waals surface area contributed by atoms with Crippen molar-refractivity contribution < 1.29 is 28.8 Å². The summed E-state index contributed by atoms with van der Waals surface area (Å²) in [6.45, 7) is -0.643. The number of nitrogens with zero attached hydrogens (tertiary/aromatic N) is 2. The van der Waals surface area contributed by atoms with Crippen molar-refractivity contribution in [2.45, 2.75) is 12.8 Å². The molecule has 2 saturated heterocycles. The van der Waals surface area contributed by atoms with Crippen LogP contribution in [0.3, 0.4) is 0 Å². The minimum atomic E-state index is -1.02. The maximum absolute atomic E-state index is 11.5. The van der Waals surface area contributed by atoms with Crippen LogP contribution in [0.5, 0.6) is 0 Å². The Kier molecular flexibility index (Phi) is 2.99. The number of amides is 8. The van der Waals surface area contributed by atoms with Gasteiger partial charge in [-0.05, 0) is 0 Å². The molecule has 8 amide bonds. The van der Waals surface area contributed by atoms with Gasteiger partial charge in [0.2, 0.25) is 23.6 Å². The molecule has 0 bridgehead atoms. The lowest BCUT2D eigenvalue weighted by atomic mass is 10.3. The number of hydrogen-bond acceptors (Lipinski definition) is 6. The van der Waals surface area contributed by atoms with E-state index in [9.17, 15) is 28.8 Å². The van der Waals surface area contributed by atoms with Gasteiger partial charge in [0, 0.05) is 0 Å². The summed E-state index contributed by atoms with van der Waals surface area (Å²) in [5, 5.41) is 3.76. The van der Waals surface area contributed by atoms with E-state index in [0.29, 0.717) is 9.80 Å². The van der Waals surface area contributed by atoms with E-state index in [1.54, 1.807) is 0 Å². The predicted molar refractivity (Wildman–Crippen MR) is 54.9 cm³/mol. The van der Waals surface area contributed by atoms with Crippen LogP contribution in [0.4, 0.5) is 9.59 Å². The van der Waals surface area contributed by atoms with Crippen LogP contribution in [0.25, 0.3) is 0 Å². The molecule has 2 rings (SSSR count). The smallest absolute Gasteiger partial charge is 0.277 e. The summed E-state index contributed by atoms with van der Waals surface area (Å²) < 4.78 is 0. The lowest BCUT2D eigenvalue weighted by molar-refractivity contribution is -0.140. The van der Waals surface area contributed by atoms with Crippen molar-refractivity contribution in [1.82, 2.24) is 20.4 Å². The monoisotopic (exact) mass is 268 g/mol. The quantitative estimate of drug-likeness (QED) is 0.550. The van der Waals surface area contributed by atoms with Crippen molar-refractivity contribution >= 4 is 35.7 Å². The summed E-state index contributed by atoms with van der Waals surface area (Å²) in [5.41, 5.74) is 0. The van der Waals surface area contributed by atoms with Crippen molar-refractivity contribution in [3.8, 4) is 0 Å². The second kappa shape index (κ2) is 4.48. The van der Waals surface area contributed by atoms with Crippen LogP contribution in [0.15, 0.2) is 0 Å². The SMILES string of the molecule is O=C1CC(=O)N(CN2C(=O)CC(=O)NC2=O)C(=O)N1. The van der Waals surface area contributed by atoms with Crippen LogP contribution < -0.4 is 10.6 Å². The number of urea groups is 2. The van der Waals surface area contributed by atoms with E-state index >= 15 is 0 Å². The summed E-state index contributed by atoms with van der Waals surface area (Å²) in [7, 11) is 0. The Labute approximate surface area is 105 Å². The van der Waals surface area contributed by atoms with Crippen LogP contribution in [0.2, 0.25) is 0 Å². The first-order valence-corrected chi connectivity index (χ1v) is 5.17. The highest BCUT2D eigenvalue weighted by atomic mass is 16.2. The third-order valence-electron chi connectivity index (χ3n) is 2.49. The van der Waals surface area contributed by atoms with Crippen LogP contribution in [0, 0.1) is 0 Å². The zero-order valence-corrected chi connectivity index (χ0v) is 9.47. The molecule has 0 saturated carbocycles. The van der Waals surface area contributed by atoms with Gasteiger partial charge in [-0.15, -0.1) is 0 Å². The molecule has 100 valence electrons. The highest BCUT2D eigenvalue weighted by Gasteiger charge is 2.37. The van der Waals surface area contributed by atoms with E-state index in [2.05, 4.69) is 0 Å². The first kappa shape index (κ1) is 12.7. The molecule has 2 fully saturated rings. The highest BCUT2D eigenvalue weighted by Crippen LogP contribution is 2.08. The third kappa shape index (κ3) is 2.41. The number of carbonyl (C=O) groups is 6. The van der Waals surface area contributed by atoms with Crippen molar-refractivity contribution in [3.05, 3.63) is 0 Å². The number of hydrogen-bond donors (Lipinski definition) is 2. The van der Waals surface area contributed by atoms with Gasteiger partial charge in [0.1, 0.15) is 19.5 Å². The summed E-state index contributed by atoms with van der Waals surface area (Å²) >= 11 is 0. The van der Waals surface area contributed by atoms with Crippen LogP contribution >= 0.6 is 0 Å². The van der Waals surface area contributed by atoms with E-state index in [0.717, 1.165) is 0 Å². The van der Waals surface area contributed by atoms with E-state index in [1.165, 1.54) is 0 Å². The fraction of sp³-hybridized carbons (Fsp3) is 0.333. The first-order chi connectivity index (χ1) is 8.88. The van der Waals surface area contributed by atoms with Crippen molar-refractivity contribution in [2.75, 3.05) is 6.67 Å². The fourth-order valence-electron chi connectivity index (χ4n) is 1.58. The molecule has 2 aliphatic heterocycles. The largest absolute Gasteiger partial charge is 0.332 e. The van der Waals surface area contributed by atoms with Crippen LogP contribution in [0.1, 0.15) is 12.8 Å². The number of nitrogens with one attached hydrogen (secondary N) is 2. The van der Waals surface area contributed by atoms with E-state index in [-0.39, 0.29) is 0 Å². The van der Waals surface area contributed by atoms with Crippen molar-refractivity contribution in [1.29, 1.82) is 0 Å². The van der Waals surface area contributed by atoms with E-state index in [4.69, 9.17) is 0 Å². The molecule has 10 heteroatoms. The molecule has 0 aliphatic carbocycles. The molecule has 2 heterocycles. The standard InChI is InChI=1S/C9H8N4O6/c14-4-1-6(16)12(8(18)10-4)3-13-7(17)2-5(15)11-9(13)19/h1-3H2,(H,10,14,18)(H,11,15,19). The van der Waals surface area contributed by atoms with Crippen LogP contribution in [-0.4, -0.2) is 52.2 Å². The van der Waals surface area contributed by atoms with E-state index in [1.807, 2.05) is 10.6 Å². The lowest BCUT2D eigenvalue weighted by Gasteiger charge is -2.31. The van der Waals surface area contributed by atoms with Gasteiger partial charge in [-0.1, -0.05) is 0 Å². The number of rotatable bonds is 2. The lowest BCUT2D eigenvalue weighted by Crippen LogP contribution is -2.61. The number of imide groups is 4. The van der Waals surface area contributed by atoms with Crippen LogP contribution in [-0.2, 0) is 19.2 Å². The molecule has 0 spiro atoms. The average Bonchev–Trinajstić information content (AvgIpc) is 2.25. The molecule has 2 N–H and O–H groups in total. The molecule has 0 radical (unpaired) electrons. The minimum Gasteiger partial charge on any atom is -0.277 e. The molecular weight excluding hydrogens is 260 g/mol. The maximum atomic E-state index is 11.5. The molecule has 0 aromatic heterocycles. The molecule has 0 atom stereocenters. The molecule has 2 aliphatic rings. The fourth-order valence-corrected chi connectivity index (χ4v) is 1.58. The second-order valence-corrected chi connectivity index (χ2v) is 3.85. The topological polar surface area (TPSA) is 133 Å². The van der Waals surface area contributed by atoms with Gasteiger partial charge >= 0.3 is 12.1 Å². The zero-order chi connectivity index (χ0) is 14.2. The molecule has 0 unspecified atom stereocenters. The van der Waals surface area contributed by atoms with E-state index < -0.39 is 55.2 Å². The minimum absolute atomic E-state index is 0.547. The third-order valence-corrected chi connectivity index (χ3v) is 2.49. The summed E-state index contributed by atoms with van der Waals surface area (Å²) in [4.78, 5) is 68.7. The normalized spacial score (nSPS) is 20.6. The Balaban J connectivity index is 2.12. The second-order valence-electron chi connectivity index (χ2n) is 3.85. The number of barbiturate groups is 2. The Bertz CT molecular complexity index is 441. The Morgan fingerprint density at radius 1 is 0.737 bits per heavy atom. The Hall–Kier alpha value is -2.78. The van der Waals surface area contributed by atoms with Gasteiger partial charge in [-0.3, -0.25) is 29.8 Å². The number of carbonyl (C=O) groups excluding carboxylic acids is 6. The Morgan fingerprint density at radius 3 is 1.42 bits per heavy atom. The van der Waals surface area contributed by atoms with Gasteiger partial charge < -0.3 is 0 Å². The first-order valence-electron chi connectivity index (χ1n) is 5.17. The van der Waals surface area contributed by atoms with Crippen molar-refractivity contribution in [2.24, 2.45) is 0 Å². The summed E-state index contributed by atoms with van der Waals surface area (Å²) in [6.07, 6.45) is -1.09. The Morgan fingerprint density at radius 2 is 1.11 bits per heavy atom. The molecule has 10 nitrogen and oxygen atoms in total. The van der Waals surface area contributed by atoms with Crippen molar-refractivity contribution in [3.63, 3.8) is 0 Å². The molecular formula is C9H8N4O6. The van der Waals surface area contributed by atoms with Gasteiger partial charge in [-0.25, -0.2) is 19.4 Å². The zero-order valence-electron chi connectivity index (χ0n) is 9.47. The van der Waals surface area contributed by atoms with Gasteiger partial charge in [0.05, 0.1) is 0 Å². The maximum Gasteiger partial charge on any atom is 0.332 e. The molecule has 19 heavy (non-hydrogen) atoms. The van der Waals surface area contributed by atoms with Gasteiger partial charge in [-0.2, -0.15) is 0 Å². The van der Waals surface area contributed by atoms with Gasteiger partial charge in [0.15, 0.2) is 0 Å². The van der Waals surface area contributed by atoms with Gasteiger partial charge in [0.25, 0.3) is 0 Å². The molecule has 0 aromatic rings. The summed E-state index contributed by atoms with van der Waals surface area (Å²) in [6, 6.07) is -2.03.